The third kappa shape index (κ3) is 4.15. The molecule has 2 aromatic rings. The van der Waals surface area contributed by atoms with Crippen LogP contribution in [0, 0.1) is 5.92 Å². The van der Waals surface area contributed by atoms with Gasteiger partial charge in [0.1, 0.15) is 5.75 Å². The number of likely N-dealkylation sites (tertiary alicyclic amines) is 1. The van der Waals surface area contributed by atoms with E-state index < -0.39 is 11.9 Å². The Morgan fingerprint density at radius 2 is 2.00 bits per heavy atom. The number of aromatic nitrogens is 1. The average molecular weight is 354 g/mol. The second-order valence-corrected chi connectivity index (χ2v) is 6.56. The van der Waals surface area contributed by atoms with Crippen LogP contribution in [0.15, 0.2) is 34.9 Å². The Hall–Kier alpha value is -2.02. The first-order valence-corrected chi connectivity index (χ1v) is 8.26. The molecule has 1 fully saturated rings. The summed E-state index contributed by atoms with van der Waals surface area (Å²) in [7, 11) is 1.63. The van der Waals surface area contributed by atoms with Crippen molar-refractivity contribution in [3.63, 3.8) is 0 Å². The van der Waals surface area contributed by atoms with E-state index in [9.17, 15) is 13.2 Å². The number of ether oxygens (including phenoxy) is 1. The van der Waals surface area contributed by atoms with Gasteiger partial charge in [0.2, 0.25) is 5.76 Å². The Balaban J connectivity index is 1.68. The highest BCUT2D eigenvalue weighted by molar-refractivity contribution is 5.30. The van der Waals surface area contributed by atoms with Crippen LogP contribution in [0.2, 0.25) is 0 Å². The van der Waals surface area contributed by atoms with Crippen molar-refractivity contribution in [2.45, 2.75) is 32.0 Å². The Morgan fingerprint density at radius 1 is 1.28 bits per heavy atom. The Labute approximate surface area is 144 Å². The molecule has 7 heteroatoms. The van der Waals surface area contributed by atoms with Crippen molar-refractivity contribution in [2.75, 3.05) is 20.2 Å². The molecule has 0 radical (unpaired) electrons. The van der Waals surface area contributed by atoms with Gasteiger partial charge in [-0.15, -0.1) is 0 Å². The zero-order valence-corrected chi connectivity index (χ0v) is 14.2. The van der Waals surface area contributed by atoms with E-state index in [1.807, 2.05) is 12.1 Å². The number of halogens is 3. The summed E-state index contributed by atoms with van der Waals surface area (Å²) in [6, 6.07) is 8.98. The maximum atomic E-state index is 12.6. The van der Waals surface area contributed by atoms with Crippen LogP contribution in [0.1, 0.15) is 36.3 Å². The van der Waals surface area contributed by atoms with Gasteiger partial charge < -0.3 is 9.26 Å². The average Bonchev–Trinajstić information content (AvgIpc) is 3.06. The number of hydrogen-bond acceptors (Lipinski definition) is 4. The maximum absolute atomic E-state index is 12.6. The van der Waals surface area contributed by atoms with Gasteiger partial charge in [0.05, 0.1) is 12.8 Å². The quantitative estimate of drug-likeness (QED) is 0.819. The summed E-state index contributed by atoms with van der Waals surface area (Å²) < 4.78 is 47.5. The number of hydrogen-bond donors (Lipinski definition) is 0. The predicted molar refractivity (Wildman–Crippen MR) is 86.3 cm³/mol. The van der Waals surface area contributed by atoms with Crippen molar-refractivity contribution in [1.29, 1.82) is 0 Å². The molecular weight excluding hydrogens is 333 g/mol. The maximum Gasteiger partial charge on any atom is 0.452 e. The van der Waals surface area contributed by atoms with Gasteiger partial charge in [0.15, 0.2) is 0 Å². The lowest BCUT2D eigenvalue weighted by Gasteiger charge is -2.37. The molecule has 1 aromatic heterocycles. The normalized spacial score (nSPS) is 22.1. The fourth-order valence-corrected chi connectivity index (χ4v) is 3.31. The minimum Gasteiger partial charge on any atom is -0.497 e. The van der Waals surface area contributed by atoms with E-state index in [-0.39, 0.29) is 0 Å². The summed E-state index contributed by atoms with van der Waals surface area (Å²) in [5, 5.41) is 3.56. The summed E-state index contributed by atoms with van der Waals surface area (Å²) in [6.07, 6.45) is -3.51. The number of methoxy groups -OCH3 is 1. The molecule has 2 atom stereocenters. The van der Waals surface area contributed by atoms with E-state index in [0.717, 1.165) is 31.3 Å². The van der Waals surface area contributed by atoms with Crippen LogP contribution in [0.3, 0.4) is 0 Å². The molecule has 2 unspecified atom stereocenters. The van der Waals surface area contributed by atoms with Crippen LogP contribution < -0.4 is 4.74 Å². The largest absolute Gasteiger partial charge is 0.497 e. The number of piperidine rings is 1. The van der Waals surface area contributed by atoms with E-state index in [4.69, 9.17) is 4.74 Å². The van der Waals surface area contributed by atoms with Gasteiger partial charge in [-0.2, -0.15) is 13.2 Å². The fraction of sp³-hybridized carbons (Fsp3) is 0.500. The number of alkyl halides is 3. The lowest BCUT2D eigenvalue weighted by atomic mass is 9.82. The van der Waals surface area contributed by atoms with Crippen molar-refractivity contribution in [3.05, 3.63) is 47.3 Å². The van der Waals surface area contributed by atoms with Crippen molar-refractivity contribution in [3.8, 4) is 5.75 Å². The van der Waals surface area contributed by atoms with E-state index in [0.29, 0.717) is 24.1 Å². The second-order valence-electron chi connectivity index (χ2n) is 6.56. The molecule has 25 heavy (non-hydrogen) atoms. The molecule has 2 heterocycles. The van der Waals surface area contributed by atoms with Gasteiger partial charge in [-0.05, 0) is 42.5 Å². The third-order valence-electron chi connectivity index (χ3n) is 4.81. The number of rotatable bonds is 4. The Kier molecular flexibility index (Phi) is 5.03. The highest BCUT2D eigenvalue weighted by atomic mass is 19.4. The summed E-state index contributed by atoms with van der Waals surface area (Å²) in [4.78, 5) is 2.13. The predicted octanol–water partition coefficient (Wildman–Crippen LogP) is 4.33. The van der Waals surface area contributed by atoms with Crippen molar-refractivity contribution < 1.29 is 22.4 Å². The molecule has 1 aliphatic rings. The minimum atomic E-state index is -4.49. The van der Waals surface area contributed by atoms with Crippen LogP contribution in [0.4, 0.5) is 13.2 Å². The fourth-order valence-electron chi connectivity index (χ4n) is 3.31. The summed E-state index contributed by atoms with van der Waals surface area (Å²) in [6.45, 7) is 4.19. The zero-order chi connectivity index (χ0) is 18.0. The zero-order valence-electron chi connectivity index (χ0n) is 14.2. The molecule has 1 aliphatic heterocycles. The monoisotopic (exact) mass is 354 g/mol. The van der Waals surface area contributed by atoms with Crippen molar-refractivity contribution in [1.82, 2.24) is 10.1 Å². The molecule has 0 bridgehead atoms. The number of nitrogens with zero attached hydrogens (tertiary/aromatic N) is 2. The lowest BCUT2D eigenvalue weighted by molar-refractivity contribution is -0.155. The molecule has 136 valence electrons. The summed E-state index contributed by atoms with van der Waals surface area (Å²) >= 11 is 0. The Bertz CT molecular complexity index is 697. The smallest absolute Gasteiger partial charge is 0.452 e. The van der Waals surface area contributed by atoms with Crippen LogP contribution in [-0.2, 0) is 12.7 Å². The molecule has 4 nitrogen and oxygen atoms in total. The molecule has 0 N–H and O–H groups in total. The molecule has 0 spiro atoms. The molecule has 0 saturated carbocycles. The second kappa shape index (κ2) is 7.07. The van der Waals surface area contributed by atoms with Crippen LogP contribution in [0.5, 0.6) is 5.75 Å². The molecule has 1 aromatic carbocycles. The van der Waals surface area contributed by atoms with Gasteiger partial charge in [-0.25, -0.2) is 0 Å². The van der Waals surface area contributed by atoms with Crippen molar-refractivity contribution >= 4 is 0 Å². The summed E-state index contributed by atoms with van der Waals surface area (Å²) in [5.41, 5.74) is 1.53. The lowest BCUT2D eigenvalue weighted by Crippen LogP contribution is -2.38. The van der Waals surface area contributed by atoms with Crippen LogP contribution >= 0.6 is 0 Å². The molecule has 1 saturated heterocycles. The van der Waals surface area contributed by atoms with Gasteiger partial charge in [-0.1, -0.05) is 24.2 Å². The summed E-state index contributed by atoms with van der Waals surface area (Å²) in [5.74, 6) is 0.604. The van der Waals surface area contributed by atoms with Gasteiger partial charge in [0.25, 0.3) is 0 Å². The molecule has 3 rings (SSSR count). The molecular formula is C18H21F3N2O2. The van der Waals surface area contributed by atoms with E-state index in [2.05, 4.69) is 33.6 Å². The topological polar surface area (TPSA) is 38.5 Å². The van der Waals surface area contributed by atoms with E-state index in [1.54, 1.807) is 7.11 Å². The number of benzene rings is 1. The molecule has 0 aliphatic carbocycles. The highest BCUT2D eigenvalue weighted by Crippen LogP contribution is 2.34. The standard InChI is InChI=1S/C18H21F3N2O2/c1-12-7-8-23(10-14-9-17(25-22-14)18(19,20)21)11-16(12)13-3-5-15(24-2)6-4-13/h3-6,9,12,16H,7-8,10-11H2,1-2H3. The van der Waals surface area contributed by atoms with Gasteiger partial charge in [-0.3, -0.25) is 4.90 Å². The Morgan fingerprint density at radius 3 is 2.60 bits per heavy atom. The van der Waals surface area contributed by atoms with Crippen LogP contribution in [0.25, 0.3) is 0 Å². The van der Waals surface area contributed by atoms with Crippen LogP contribution in [-0.4, -0.2) is 30.3 Å². The molecule has 0 amide bonds. The van der Waals surface area contributed by atoms with E-state index in [1.165, 1.54) is 5.56 Å². The van der Waals surface area contributed by atoms with Gasteiger partial charge in [0, 0.05) is 19.2 Å². The highest BCUT2D eigenvalue weighted by Gasteiger charge is 2.36. The minimum absolute atomic E-state index is 0.315. The van der Waals surface area contributed by atoms with Crippen molar-refractivity contribution in [2.24, 2.45) is 5.92 Å². The first-order valence-electron chi connectivity index (χ1n) is 8.26. The first kappa shape index (κ1) is 17.8. The first-order chi connectivity index (χ1) is 11.9. The van der Waals surface area contributed by atoms with E-state index >= 15 is 0 Å². The SMILES string of the molecule is COc1ccc(C2CN(Cc3cc(C(F)(F)F)on3)CCC2C)cc1. The third-order valence-corrected chi connectivity index (χ3v) is 4.81. The van der Waals surface area contributed by atoms with Gasteiger partial charge >= 0.3 is 6.18 Å².